The zero-order chi connectivity index (χ0) is 13.8. The fraction of sp³-hybridized carbons (Fsp3) is 0.286. The molecule has 0 radical (unpaired) electrons. The molecule has 100 valence electrons. The second kappa shape index (κ2) is 6.02. The molecule has 2 rings (SSSR count). The minimum atomic E-state index is -0.00952. The maximum atomic E-state index is 12.0. The van der Waals surface area contributed by atoms with Gasteiger partial charge in [0.2, 0.25) is 5.91 Å². The smallest absolute Gasteiger partial charge is 0.226 e. The molecule has 1 N–H and O–H groups in total. The number of benzene rings is 1. The van der Waals surface area contributed by atoms with Gasteiger partial charge in [0, 0.05) is 29.0 Å². The number of hydrogen-bond donors (Lipinski definition) is 1. The summed E-state index contributed by atoms with van der Waals surface area (Å²) in [6.07, 6.45) is 3.98. The minimum absolute atomic E-state index is 0.00952. The lowest BCUT2D eigenvalue weighted by Crippen LogP contribution is -2.17. The van der Waals surface area contributed by atoms with E-state index in [1.54, 1.807) is 10.9 Å². The highest BCUT2D eigenvalue weighted by Crippen LogP contribution is 2.20. The third-order valence-corrected chi connectivity index (χ3v) is 3.79. The van der Waals surface area contributed by atoms with Crippen LogP contribution in [0.3, 0.4) is 0 Å². The van der Waals surface area contributed by atoms with Crippen molar-refractivity contribution in [2.24, 2.45) is 0 Å². The van der Waals surface area contributed by atoms with Crippen LogP contribution >= 0.6 is 15.9 Å². The van der Waals surface area contributed by atoms with E-state index in [9.17, 15) is 4.79 Å². The number of nitrogens with zero attached hydrogens (tertiary/aromatic N) is 2. The van der Waals surface area contributed by atoms with Crippen LogP contribution in [-0.4, -0.2) is 15.7 Å². The molecule has 0 saturated heterocycles. The van der Waals surface area contributed by atoms with Crippen LogP contribution in [0.15, 0.2) is 41.1 Å². The first-order valence-electron chi connectivity index (χ1n) is 6.11. The van der Waals surface area contributed by atoms with E-state index >= 15 is 0 Å². The van der Waals surface area contributed by atoms with Crippen molar-refractivity contribution in [1.29, 1.82) is 0 Å². The van der Waals surface area contributed by atoms with Crippen LogP contribution in [0.25, 0.3) is 0 Å². The largest absolute Gasteiger partial charge is 0.326 e. The van der Waals surface area contributed by atoms with Gasteiger partial charge in [-0.05, 0) is 43.7 Å². The Bertz CT molecular complexity index is 566. The molecule has 0 aliphatic rings. The van der Waals surface area contributed by atoms with Crippen molar-refractivity contribution >= 4 is 27.5 Å². The summed E-state index contributed by atoms with van der Waals surface area (Å²) in [6, 6.07) is 7.66. The van der Waals surface area contributed by atoms with Gasteiger partial charge in [0.1, 0.15) is 0 Å². The topological polar surface area (TPSA) is 46.9 Å². The van der Waals surface area contributed by atoms with Crippen LogP contribution in [0, 0.1) is 6.92 Å². The highest BCUT2D eigenvalue weighted by molar-refractivity contribution is 9.10. The Morgan fingerprint density at radius 2 is 2.32 bits per heavy atom. The van der Waals surface area contributed by atoms with Gasteiger partial charge < -0.3 is 5.32 Å². The van der Waals surface area contributed by atoms with E-state index in [1.807, 2.05) is 44.3 Å². The number of nitrogens with one attached hydrogen (secondary N) is 1. The molecule has 0 spiro atoms. The van der Waals surface area contributed by atoms with Crippen molar-refractivity contribution in [2.75, 3.05) is 5.32 Å². The molecule has 1 heterocycles. The molecule has 1 unspecified atom stereocenters. The van der Waals surface area contributed by atoms with E-state index in [4.69, 9.17) is 0 Å². The first kappa shape index (κ1) is 13.8. The summed E-state index contributed by atoms with van der Waals surface area (Å²) in [5.41, 5.74) is 1.91. The van der Waals surface area contributed by atoms with Crippen molar-refractivity contribution in [2.45, 2.75) is 26.3 Å². The molecule has 1 amide bonds. The Balaban J connectivity index is 1.95. The number of rotatable bonds is 4. The summed E-state index contributed by atoms with van der Waals surface area (Å²) in [5.74, 6) is -0.00952. The molecule has 0 bridgehead atoms. The first-order chi connectivity index (χ1) is 9.06. The normalized spacial score (nSPS) is 12.2. The SMILES string of the molecule is Cc1cc(NC(=O)CC(C)n2cccn2)ccc1Br. The molecule has 0 fully saturated rings. The number of aryl methyl sites for hydroxylation is 1. The van der Waals surface area contributed by atoms with Gasteiger partial charge in [0.15, 0.2) is 0 Å². The Hall–Kier alpha value is -1.62. The number of carbonyl (C=O) groups excluding carboxylic acids is 1. The molecule has 19 heavy (non-hydrogen) atoms. The summed E-state index contributed by atoms with van der Waals surface area (Å²) in [7, 11) is 0. The van der Waals surface area contributed by atoms with Gasteiger partial charge in [-0.15, -0.1) is 0 Å². The quantitative estimate of drug-likeness (QED) is 0.936. The van der Waals surface area contributed by atoms with Gasteiger partial charge in [-0.2, -0.15) is 5.10 Å². The molecule has 0 aliphatic heterocycles. The Kier molecular flexibility index (Phi) is 4.37. The maximum Gasteiger partial charge on any atom is 0.226 e. The molecule has 1 aromatic carbocycles. The molecule has 0 aliphatic carbocycles. The highest BCUT2D eigenvalue weighted by atomic mass is 79.9. The van der Waals surface area contributed by atoms with E-state index in [2.05, 4.69) is 26.3 Å². The third kappa shape index (κ3) is 3.67. The summed E-state index contributed by atoms with van der Waals surface area (Å²) in [6.45, 7) is 3.96. The maximum absolute atomic E-state index is 12.0. The fourth-order valence-electron chi connectivity index (χ4n) is 1.84. The standard InChI is InChI=1S/C14H16BrN3O/c1-10-8-12(4-5-13(10)15)17-14(19)9-11(2)18-7-3-6-16-18/h3-8,11H,9H2,1-2H3,(H,17,19). The van der Waals surface area contributed by atoms with Crippen molar-refractivity contribution in [1.82, 2.24) is 9.78 Å². The Morgan fingerprint density at radius 1 is 1.53 bits per heavy atom. The Labute approximate surface area is 120 Å². The van der Waals surface area contributed by atoms with Crippen molar-refractivity contribution in [3.63, 3.8) is 0 Å². The van der Waals surface area contributed by atoms with E-state index < -0.39 is 0 Å². The predicted octanol–water partition coefficient (Wildman–Crippen LogP) is 3.54. The number of carbonyl (C=O) groups is 1. The van der Waals surface area contributed by atoms with Crippen LogP contribution in [0.4, 0.5) is 5.69 Å². The monoisotopic (exact) mass is 321 g/mol. The zero-order valence-corrected chi connectivity index (χ0v) is 12.5. The van der Waals surface area contributed by atoms with Gasteiger partial charge >= 0.3 is 0 Å². The molecule has 1 aromatic heterocycles. The van der Waals surface area contributed by atoms with Crippen LogP contribution in [-0.2, 0) is 4.79 Å². The van der Waals surface area contributed by atoms with Gasteiger partial charge in [0.25, 0.3) is 0 Å². The van der Waals surface area contributed by atoms with Crippen LogP contribution in [0.1, 0.15) is 24.9 Å². The average Bonchev–Trinajstić information content (AvgIpc) is 2.87. The second-order valence-corrected chi connectivity index (χ2v) is 5.41. The van der Waals surface area contributed by atoms with E-state index in [1.165, 1.54) is 0 Å². The second-order valence-electron chi connectivity index (χ2n) is 4.55. The van der Waals surface area contributed by atoms with Crippen molar-refractivity contribution in [3.05, 3.63) is 46.7 Å². The molecule has 5 heteroatoms. The van der Waals surface area contributed by atoms with Gasteiger partial charge in [0.05, 0.1) is 6.04 Å². The number of amides is 1. The summed E-state index contributed by atoms with van der Waals surface area (Å²) < 4.78 is 2.82. The van der Waals surface area contributed by atoms with Crippen molar-refractivity contribution in [3.8, 4) is 0 Å². The lowest BCUT2D eigenvalue weighted by Gasteiger charge is -2.12. The molecule has 0 saturated carbocycles. The molecule has 4 nitrogen and oxygen atoms in total. The number of aromatic nitrogens is 2. The van der Waals surface area contributed by atoms with Gasteiger partial charge in [-0.25, -0.2) is 0 Å². The molecular weight excluding hydrogens is 306 g/mol. The van der Waals surface area contributed by atoms with Crippen molar-refractivity contribution < 1.29 is 4.79 Å². The third-order valence-electron chi connectivity index (χ3n) is 2.90. The van der Waals surface area contributed by atoms with Gasteiger partial charge in [-0.3, -0.25) is 9.48 Å². The zero-order valence-electron chi connectivity index (χ0n) is 10.9. The van der Waals surface area contributed by atoms with E-state index in [0.29, 0.717) is 6.42 Å². The van der Waals surface area contributed by atoms with Crippen LogP contribution in [0.2, 0.25) is 0 Å². The lowest BCUT2D eigenvalue weighted by atomic mass is 10.2. The Morgan fingerprint density at radius 3 is 2.95 bits per heavy atom. The summed E-state index contributed by atoms with van der Waals surface area (Å²) in [5, 5.41) is 7.03. The lowest BCUT2D eigenvalue weighted by molar-refractivity contribution is -0.116. The number of hydrogen-bond acceptors (Lipinski definition) is 2. The van der Waals surface area contributed by atoms with Crippen LogP contribution < -0.4 is 5.32 Å². The highest BCUT2D eigenvalue weighted by Gasteiger charge is 2.11. The first-order valence-corrected chi connectivity index (χ1v) is 6.90. The molecular formula is C14H16BrN3O. The van der Waals surface area contributed by atoms with E-state index in [-0.39, 0.29) is 11.9 Å². The summed E-state index contributed by atoms with van der Waals surface area (Å²) in [4.78, 5) is 12.0. The summed E-state index contributed by atoms with van der Waals surface area (Å²) >= 11 is 3.44. The van der Waals surface area contributed by atoms with E-state index in [0.717, 1.165) is 15.7 Å². The number of anilines is 1. The minimum Gasteiger partial charge on any atom is -0.326 e. The predicted molar refractivity (Wildman–Crippen MR) is 79.1 cm³/mol. The number of halogens is 1. The average molecular weight is 322 g/mol. The fourth-order valence-corrected chi connectivity index (χ4v) is 2.08. The molecule has 2 aromatic rings. The van der Waals surface area contributed by atoms with Crippen LogP contribution in [0.5, 0.6) is 0 Å². The van der Waals surface area contributed by atoms with Gasteiger partial charge in [-0.1, -0.05) is 15.9 Å². The molecule has 1 atom stereocenters.